The minimum Gasteiger partial charge on any atom is -0.508 e. The van der Waals surface area contributed by atoms with Crippen LogP contribution < -0.4 is 0 Å². The number of hydrogen-bond acceptors (Lipinski definition) is 2. The summed E-state index contributed by atoms with van der Waals surface area (Å²) in [5.41, 5.74) is 4.14. The fraction of sp³-hybridized carbons (Fsp3) is 0.176. The summed E-state index contributed by atoms with van der Waals surface area (Å²) in [4.78, 5) is 0. The predicted molar refractivity (Wildman–Crippen MR) is 77.9 cm³/mol. The first-order valence-corrected chi connectivity index (χ1v) is 6.44. The van der Waals surface area contributed by atoms with Crippen LogP contribution in [0.4, 0.5) is 0 Å². The predicted octanol–water partition coefficient (Wildman–Crippen LogP) is 3.60. The smallest absolute Gasteiger partial charge is 0.115 e. The zero-order chi connectivity index (χ0) is 13.7. The number of benzene rings is 2. The zero-order valence-corrected chi connectivity index (χ0v) is 11.0. The summed E-state index contributed by atoms with van der Waals surface area (Å²) < 4.78 is 0. The summed E-state index contributed by atoms with van der Waals surface area (Å²) in [7, 11) is 0. The van der Waals surface area contributed by atoms with Gasteiger partial charge >= 0.3 is 0 Å². The molecule has 0 spiro atoms. The van der Waals surface area contributed by atoms with Gasteiger partial charge in [-0.15, -0.1) is 0 Å². The molecule has 0 saturated carbocycles. The fourth-order valence-electron chi connectivity index (χ4n) is 2.18. The van der Waals surface area contributed by atoms with Gasteiger partial charge in [-0.3, -0.25) is 0 Å². The van der Waals surface area contributed by atoms with Gasteiger partial charge in [0.1, 0.15) is 5.75 Å². The Morgan fingerprint density at radius 2 is 1.47 bits per heavy atom. The van der Waals surface area contributed by atoms with E-state index in [1.54, 1.807) is 12.1 Å². The highest BCUT2D eigenvalue weighted by Crippen LogP contribution is 2.29. The third-order valence-corrected chi connectivity index (χ3v) is 3.19. The molecule has 0 aliphatic heterocycles. The van der Waals surface area contributed by atoms with Crippen molar-refractivity contribution in [3.8, 4) is 5.75 Å². The van der Waals surface area contributed by atoms with Gasteiger partial charge in [0.05, 0.1) is 6.61 Å². The van der Waals surface area contributed by atoms with E-state index >= 15 is 0 Å². The Hall–Kier alpha value is -2.06. The molecule has 0 aliphatic rings. The first kappa shape index (κ1) is 13.4. The van der Waals surface area contributed by atoms with Crippen LogP contribution in [0, 0.1) is 0 Å². The van der Waals surface area contributed by atoms with Crippen molar-refractivity contribution in [1.29, 1.82) is 0 Å². The van der Waals surface area contributed by atoms with E-state index in [9.17, 15) is 10.2 Å². The van der Waals surface area contributed by atoms with Crippen molar-refractivity contribution < 1.29 is 10.2 Å². The number of aromatic hydroxyl groups is 1. The summed E-state index contributed by atoms with van der Waals surface area (Å²) in [5.74, 6) is 0.248. The summed E-state index contributed by atoms with van der Waals surface area (Å²) in [6.07, 6.45) is 0.793. The number of hydrogen-bond donors (Lipinski definition) is 2. The van der Waals surface area contributed by atoms with Crippen molar-refractivity contribution in [3.63, 3.8) is 0 Å². The van der Waals surface area contributed by atoms with Gasteiger partial charge < -0.3 is 10.2 Å². The third-order valence-electron chi connectivity index (χ3n) is 3.19. The van der Waals surface area contributed by atoms with Crippen LogP contribution in [0.5, 0.6) is 5.75 Å². The third kappa shape index (κ3) is 3.04. The highest BCUT2D eigenvalue weighted by atomic mass is 16.3. The highest BCUT2D eigenvalue weighted by Gasteiger charge is 2.10. The number of rotatable bonds is 4. The van der Waals surface area contributed by atoms with Gasteiger partial charge in [0.2, 0.25) is 0 Å². The largest absolute Gasteiger partial charge is 0.508 e. The van der Waals surface area contributed by atoms with Crippen LogP contribution in [0.2, 0.25) is 0 Å². The molecular weight excluding hydrogens is 236 g/mol. The van der Waals surface area contributed by atoms with E-state index in [1.165, 1.54) is 0 Å². The lowest BCUT2D eigenvalue weighted by atomic mass is 9.92. The summed E-state index contributed by atoms with van der Waals surface area (Å²) in [6, 6.07) is 17.1. The number of phenolic OH excluding ortho intramolecular Hbond substituents is 1. The van der Waals surface area contributed by atoms with E-state index in [-0.39, 0.29) is 12.4 Å². The SMILES string of the molecule is CCC(CO)=C(c1ccccc1)c1ccc(O)cc1. The zero-order valence-electron chi connectivity index (χ0n) is 11.0. The first-order chi connectivity index (χ1) is 9.26. The van der Waals surface area contributed by atoms with Gasteiger partial charge in [-0.25, -0.2) is 0 Å². The van der Waals surface area contributed by atoms with E-state index in [0.29, 0.717) is 0 Å². The van der Waals surface area contributed by atoms with Crippen LogP contribution in [-0.2, 0) is 0 Å². The van der Waals surface area contributed by atoms with Crippen molar-refractivity contribution in [1.82, 2.24) is 0 Å². The van der Waals surface area contributed by atoms with Crippen LogP contribution in [0.25, 0.3) is 5.57 Å². The molecule has 0 atom stereocenters. The van der Waals surface area contributed by atoms with E-state index in [4.69, 9.17) is 0 Å². The summed E-state index contributed by atoms with van der Waals surface area (Å²) >= 11 is 0. The average molecular weight is 254 g/mol. The molecule has 0 amide bonds. The summed E-state index contributed by atoms with van der Waals surface area (Å²) in [5, 5.41) is 19.0. The molecular formula is C17H18O2. The second-order valence-corrected chi connectivity index (χ2v) is 4.40. The van der Waals surface area contributed by atoms with Crippen LogP contribution in [0.15, 0.2) is 60.2 Å². The van der Waals surface area contributed by atoms with Crippen molar-refractivity contribution in [3.05, 3.63) is 71.3 Å². The Bertz CT molecular complexity index is 548. The Balaban J connectivity index is 2.59. The van der Waals surface area contributed by atoms with Crippen LogP contribution in [0.3, 0.4) is 0 Å². The standard InChI is InChI=1S/C17H18O2/c1-2-13(12-18)17(14-6-4-3-5-7-14)15-8-10-16(19)11-9-15/h3-11,18-19H,2,12H2,1H3. The second kappa shape index (κ2) is 6.21. The maximum Gasteiger partial charge on any atom is 0.115 e. The highest BCUT2D eigenvalue weighted by molar-refractivity contribution is 5.82. The monoisotopic (exact) mass is 254 g/mol. The number of aliphatic hydroxyl groups is 1. The molecule has 2 aromatic rings. The van der Waals surface area contributed by atoms with Gasteiger partial charge in [0.25, 0.3) is 0 Å². The maximum atomic E-state index is 9.57. The van der Waals surface area contributed by atoms with Crippen molar-refractivity contribution in [2.24, 2.45) is 0 Å². The number of phenols is 1. The van der Waals surface area contributed by atoms with E-state index in [0.717, 1.165) is 28.7 Å². The van der Waals surface area contributed by atoms with Crippen LogP contribution >= 0.6 is 0 Å². The lowest BCUT2D eigenvalue weighted by molar-refractivity contribution is 0.328. The lowest BCUT2D eigenvalue weighted by Gasteiger charge is -2.14. The van der Waals surface area contributed by atoms with Crippen molar-refractivity contribution >= 4 is 5.57 Å². The Morgan fingerprint density at radius 3 is 2.00 bits per heavy atom. The molecule has 19 heavy (non-hydrogen) atoms. The average Bonchev–Trinajstić information content (AvgIpc) is 2.47. The lowest BCUT2D eigenvalue weighted by Crippen LogP contribution is -1.98. The molecule has 2 N–H and O–H groups in total. The number of aliphatic hydroxyl groups excluding tert-OH is 1. The Morgan fingerprint density at radius 1 is 0.895 bits per heavy atom. The molecule has 0 heterocycles. The molecule has 0 radical (unpaired) electrons. The van der Waals surface area contributed by atoms with Crippen LogP contribution in [-0.4, -0.2) is 16.8 Å². The topological polar surface area (TPSA) is 40.5 Å². The van der Waals surface area contributed by atoms with Gasteiger partial charge in [-0.2, -0.15) is 0 Å². The van der Waals surface area contributed by atoms with Crippen LogP contribution in [0.1, 0.15) is 24.5 Å². The molecule has 0 aromatic heterocycles. The van der Waals surface area contributed by atoms with E-state index in [1.807, 2.05) is 49.4 Å². The quantitative estimate of drug-likeness (QED) is 0.875. The van der Waals surface area contributed by atoms with Gasteiger partial charge in [-0.05, 0) is 40.8 Å². The van der Waals surface area contributed by atoms with Crippen molar-refractivity contribution in [2.45, 2.75) is 13.3 Å². The molecule has 0 fully saturated rings. The maximum absolute atomic E-state index is 9.57. The van der Waals surface area contributed by atoms with E-state index < -0.39 is 0 Å². The molecule has 98 valence electrons. The normalized spacial score (nSPS) is 12.1. The molecule has 0 unspecified atom stereocenters. The molecule has 0 saturated heterocycles. The van der Waals surface area contributed by atoms with Gasteiger partial charge in [-0.1, -0.05) is 49.4 Å². The Labute approximate surface area is 113 Å². The summed E-state index contributed by atoms with van der Waals surface area (Å²) in [6.45, 7) is 2.08. The Kier molecular flexibility index (Phi) is 4.37. The molecule has 2 rings (SSSR count). The molecule has 0 aliphatic carbocycles. The minimum atomic E-state index is 0.0433. The fourth-order valence-corrected chi connectivity index (χ4v) is 2.18. The second-order valence-electron chi connectivity index (χ2n) is 4.40. The van der Waals surface area contributed by atoms with E-state index in [2.05, 4.69) is 0 Å². The molecule has 2 aromatic carbocycles. The van der Waals surface area contributed by atoms with Gasteiger partial charge in [0, 0.05) is 0 Å². The molecule has 0 bridgehead atoms. The first-order valence-electron chi connectivity index (χ1n) is 6.44. The molecule has 2 heteroatoms. The van der Waals surface area contributed by atoms with Crippen molar-refractivity contribution in [2.75, 3.05) is 6.61 Å². The van der Waals surface area contributed by atoms with Gasteiger partial charge in [0.15, 0.2) is 0 Å². The molecule has 2 nitrogen and oxygen atoms in total. The minimum absolute atomic E-state index is 0.0433.